The van der Waals surface area contributed by atoms with Gasteiger partial charge in [-0.3, -0.25) is 4.79 Å². The third kappa shape index (κ3) is 1.57. The Labute approximate surface area is 91.1 Å². The van der Waals surface area contributed by atoms with Gasteiger partial charge in [-0.25, -0.2) is 0 Å². The zero-order valence-electron chi connectivity index (χ0n) is 9.79. The molecule has 0 aromatic rings. The van der Waals surface area contributed by atoms with Gasteiger partial charge in [0.1, 0.15) is 5.60 Å². The first kappa shape index (κ1) is 10.9. The number of ether oxygens (including phenoxy) is 2. The molecule has 2 aliphatic rings. The van der Waals surface area contributed by atoms with E-state index in [0.717, 1.165) is 6.42 Å². The first-order valence-corrected chi connectivity index (χ1v) is 5.86. The van der Waals surface area contributed by atoms with Crippen LogP contribution in [-0.4, -0.2) is 24.8 Å². The van der Waals surface area contributed by atoms with Crippen molar-refractivity contribution in [3.8, 4) is 0 Å². The van der Waals surface area contributed by atoms with Crippen LogP contribution in [0.25, 0.3) is 0 Å². The molecule has 2 bridgehead atoms. The molecule has 0 aromatic carbocycles. The number of carbonyl (C=O) groups excluding carboxylic acids is 1. The molecule has 2 saturated carbocycles. The third-order valence-corrected chi connectivity index (χ3v) is 4.15. The van der Waals surface area contributed by atoms with Crippen LogP contribution < -0.4 is 0 Å². The highest BCUT2D eigenvalue weighted by Crippen LogP contribution is 2.53. The number of methoxy groups -OCH3 is 1. The van der Waals surface area contributed by atoms with E-state index in [1.807, 2.05) is 13.8 Å². The number of fused-ring (bicyclic) bond motifs is 2. The highest BCUT2D eigenvalue weighted by molar-refractivity contribution is 5.69. The van der Waals surface area contributed by atoms with Crippen LogP contribution in [0.1, 0.15) is 39.5 Å². The summed E-state index contributed by atoms with van der Waals surface area (Å²) in [6.45, 7) is 3.87. The molecule has 0 saturated heterocycles. The summed E-state index contributed by atoms with van der Waals surface area (Å²) in [6.07, 6.45) is 4.11. The molecule has 4 atom stereocenters. The van der Waals surface area contributed by atoms with Crippen LogP contribution in [0.5, 0.6) is 0 Å². The van der Waals surface area contributed by atoms with Gasteiger partial charge < -0.3 is 9.47 Å². The summed E-state index contributed by atoms with van der Waals surface area (Å²) in [5.41, 5.74) is -0.370. The summed E-state index contributed by atoms with van der Waals surface area (Å²) < 4.78 is 11.2. The highest BCUT2D eigenvalue weighted by atomic mass is 16.6. The quantitative estimate of drug-likeness (QED) is 0.672. The van der Waals surface area contributed by atoms with Gasteiger partial charge in [0.15, 0.2) is 0 Å². The lowest BCUT2D eigenvalue weighted by Crippen LogP contribution is -2.49. The Morgan fingerprint density at radius 2 is 2.20 bits per heavy atom. The van der Waals surface area contributed by atoms with Crippen molar-refractivity contribution in [3.63, 3.8) is 0 Å². The maximum Gasteiger partial charge on any atom is 0.306 e. The average Bonchev–Trinajstić information content (AvgIpc) is 2.76. The maximum absolute atomic E-state index is 11.4. The van der Waals surface area contributed by atoms with Gasteiger partial charge in [-0.1, -0.05) is 6.92 Å². The molecule has 2 aliphatic carbocycles. The summed E-state index contributed by atoms with van der Waals surface area (Å²) in [7, 11) is 1.73. The van der Waals surface area contributed by atoms with E-state index >= 15 is 0 Å². The summed E-state index contributed by atoms with van der Waals surface area (Å²) in [6, 6.07) is 0. The number of esters is 1. The van der Waals surface area contributed by atoms with Crippen LogP contribution in [0.4, 0.5) is 0 Å². The molecule has 0 aliphatic heterocycles. The minimum absolute atomic E-state index is 0.103. The highest BCUT2D eigenvalue weighted by Gasteiger charge is 2.58. The monoisotopic (exact) mass is 212 g/mol. The fourth-order valence-electron chi connectivity index (χ4n) is 3.40. The van der Waals surface area contributed by atoms with E-state index < -0.39 is 0 Å². The Bertz CT molecular complexity index is 264. The molecule has 0 heterocycles. The van der Waals surface area contributed by atoms with Gasteiger partial charge in [0.2, 0.25) is 0 Å². The van der Waals surface area contributed by atoms with Crippen LogP contribution in [0.2, 0.25) is 0 Å². The minimum atomic E-state index is -0.370. The largest absolute Gasteiger partial charge is 0.456 e. The smallest absolute Gasteiger partial charge is 0.306 e. The van der Waals surface area contributed by atoms with E-state index in [1.165, 1.54) is 12.8 Å². The van der Waals surface area contributed by atoms with Crippen LogP contribution in [0.3, 0.4) is 0 Å². The van der Waals surface area contributed by atoms with E-state index in [2.05, 4.69) is 0 Å². The van der Waals surface area contributed by atoms with Gasteiger partial charge in [-0.2, -0.15) is 0 Å². The van der Waals surface area contributed by atoms with E-state index in [1.54, 1.807) is 7.11 Å². The molecular formula is C12H20O3. The molecular weight excluding hydrogens is 192 g/mol. The predicted molar refractivity (Wildman–Crippen MR) is 56.4 cm³/mol. The second-order valence-electron chi connectivity index (χ2n) is 4.94. The molecule has 0 aromatic heterocycles. The Hall–Kier alpha value is -0.570. The summed E-state index contributed by atoms with van der Waals surface area (Å²) in [4.78, 5) is 11.4. The predicted octanol–water partition coefficient (Wildman–Crippen LogP) is 2.14. The van der Waals surface area contributed by atoms with Crippen LogP contribution in [0.15, 0.2) is 0 Å². The normalized spacial score (nSPS) is 43.3. The van der Waals surface area contributed by atoms with Gasteiger partial charge in [0, 0.05) is 19.4 Å². The fraction of sp³-hybridized carbons (Fsp3) is 0.917. The van der Waals surface area contributed by atoms with Gasteiger partial charge in [0.05, 0.1) is 6.10 Å². The second kappa shape index (κ2) is 3.78. The molecule has 0 radical (unpaired) electrons. The molecule has 0 N–H and O–H groups in total. The standard InChI is InChI=1S/C12H20O3/c1-4-10(13)15-12(2)9-6-5-8(7-9)11(12)14-3/h8-9,11H,4-7H2,1-3H3. The van der Waals surface area contributed by atoms with Crippen molar-refractivity contribution in [2.45, 2.75) is 51.2 Å². The topological polar surface area (TPSA) is 35.5 Å². The van der Waals surface area contributed by atoms with Crippen molar-refractivity contribution in [1.82, 2.24) is 0 Å². The lowest BCUT2D eigenvalue weighted by molar-refractivity contribution is -0.181. The van der Waals surface area contributed by atoms with Crippen LogP contribution in [0, 0.1) is 11.8 Å². The molecule has 2 fully saturated rings. The summed E-state index contributed by atoms with van der Waals surface area (Å²) in [5.74, 6) is 0.990. The minimum Gasteiger partial charge on any atom is -0.456 e. The number of carbonyl (C=O) groups is 1. The summed E-state index contributed by atoms with van der Waals surface area (Å²) in [5, 5.41) is 0. The second-order valence-corrected chi connectivity index (χ2v) is 4.94. The van der Waals surface area contributed by atoms with Crippen LogP contribution in [-0.2, 0) is 14.3 Å². The van der Waals surface area contributed by atoms with Gasteiger partial charge >= 0.3 is 5.97 Å². The Morgan fingerprint density at radius 3 is 2.80 bits per heavy atom. The lowest BCUT2D eigenvalue weighted by atomic mass is 9.83. The molecule has 15 heavy (non-hydrogen) atoms. The third-order valence-electron chi connectivity index (χ3n) is 4.15. The Balaban J connectivity index is 2.14. The van der Waals surface area contributed by atoms with Crippen molar-refractivity contribution in [2.24, 2.45) is 11.8 Å². The molecule has 3 nitrogen and oxygen atoms in total. The summed E-state index contributed by atoms with van der Waals surface area (Å²) >= 11 is 0. The zero-order chi connectivity index (χ0) is 11.1. The maximum atomic E-state index is 11.4. The SMILES string of the molecule is CCC(=O)OC1(C)C2CCC(C2)C1OC. The van der Waals surface area contributed by atoms with Crippen molar-refractivity contribution in [2.75, 3.05) is 7.11 Å². The van der Waals surface area contributed by atoms with Crippen molar-refractivity contribution < 1.29 is 14.3 Å². The number of hydrogen-bond acceptors (Lipinski definition) is 3. The van der Waals surface area contributed by atoms with Gasteiger partial charge in [0.25, 0.3) is 0 Å². The number of hydrogen-bond donors (Lipinski definition) is 0. The van der Waals surface area contributed by atoms with E-state index in [9.17, 15) is 4.79 Å². The average molecular weight is 212 g/mol. The van der Waals surface area contributed by atoms with Crippen molar-refractivity contribution >= 4 is 5.97 Å². The van der Waals surface area contributed by atoms with E-state index in [-0.39, 0.29) is 17.7 Å². The van der Waals surface area contributed by atoms with Crippen molar-refractivity contribution in [1.29, 1.82) is 0 Å². The Morgan fingerprint density at radius 1 is 1.47 bits per heavy atom. The van der Waals surface area contributed by atoms with Crippen LogP contribution >= 0.6 is 0 Å². The molecule has 2 rings (SSSR count). The number of rotatable bonds is 3. The molecule has 3 heteroatoms. The van der Waals surface area contributed by atoms with E-state index in [0.29, 0.717) is 18.3 Å². The molecule has 4 unspecified atom stereocenters. The lowest BCUT2D eigenvalue weighted by Gasteiger charge is -2.39. The zero-order valence-corrected chi connectivity index (χ0v) is 9.79. The Kier molecular flexibility index (Phi) is 2.75. The van der Waals surface area contributed by atoms with Gasteiger partial charge in [-0.15, -0.1) is 0 Å². The molecule has 0 amide bonds. The molecule has 0 spiro atoms. The first-order chi connectivity index (χ1) is 7.11. The fourth-order valence-corrected chi connectivity index (χ4v) is 3.40. The first-order valence-electron chi connectivity index (χ1n) is 5.86. The van der Waals surface area contributed by atoms with Gasteiger partial charge in [-0.05, 0) is 32.1 Å². The van der Waals surface area contributed by atoms with Crippen molar-refractivity contribution in [3.05, 3.63) is 0 Å². The molecule has 86 valence electrons. The van der Waals surface area contributed by atoms with E-state index in [4.69, 9.17) is 9.47 Å².